The normalized spacial score (nSPS) is 12.1. The third-order valence-electron chi connectivity index (χ3n) is 2.00. The smallest absolute Gasteiger partial charge is 0.235 e. The highest BCUT2D eigenvalue weighted by Gasteiger charge is 2.11. The predicted octanol–water partition coefficient (Wildman–Crippen LogP) is 0.182. The summed E-state index contributed by atoms with van der Waals surface area (Å²) in [5, 5.41) is 0. The van der Waals surface area contributed by atoms with Gasteiger partial charge in [0.15, 0.2) is 0 Å². The van der Waals surface area contributed by atoms with Crippen LogP contribution in [0.3, 0.4) is 0 Å². The Labute approximate surface area is 98.3 Å². The summed E-state index contributed by atoms with van der Waals surface area (Å²) in [5.74, 6) is 0.588. The molecule has 0 saturated carbocycles. The number of carbonyl (C=O) groups is 1. The number of amides is 1. The van der Waals surface area contributed by atoms with Crippen molar-refractivity contribution in [3.05, 3.63) is 18.2 Å². The van der Waals surface area contributed by atoms with Gasteiger partial charge in [-0.3, -0.25) is 4.79 Å². The monoisotopic (exact) mass is 241 g/mol. The van der Waals surface area contributed by atoms with Gasteiger partial charge in [0.1, 0.15) is 5.75 Å². The number of benzene rings is 1. The van der Waals surface area contributed by atoms with Gasteiger partial charge in [0.05, 0.1) is 13.2 Å². The van der Waals surface area contributed by atoms with Gasteiger partial charge in [-0.15, -0.1) is 11.8 Å². The Kier molecular flexibility index (Phi) is 4.45. The van der Waals surface area contributed by atoms with Crippen molar-refractivity contribution in [2.24, 2.45) is 11.5 Å². The highest BCUT2D eigenvalue weighted by atomic mass is 32.2. The van der Waals surface area contributed by atoms with Crippen LogP contribution in [0.4, 0.5) is 5.69 Å². The van der Waals surface area contributed by atoms with Gasteiger partial charge in [-0.25, -0.2) is 0 Å². The molecule has 0 aromatic heterocycles. The van der Waals surface area contributed by atoms with E-state index in [1.165, 1.54) is 11.8 Å². The fourth-order valence-electron chi connectivity index (χ4n) is 1.03. The van der Waals surface area contributed by atoms with Crippen molar-refractivity contribution in [1.29, 1.82) is 0 Å². The number of carbonyl (C=O) groups excluding carboxylic acids is 1. The first-order valence-electron chi connectivity index (χ1n) is 4.65. The maximum Gasteiger partial charge on any atom is 0.235 e. The van der Waals surface area contributed by atoms with Crippen molar-refractivity contribution in [1.82, 2.24) is 0 Å². The molecule has 0 saturated heterocycles. The zero-order valence-electron chi connectivity index (χ0n) is 8.97. The van der Waals surface area contributed by atoms with E-state index in [4.69, 9.17) is 21.9 Å². The molecule has 1 aromatic carbocycles. The zero-order valence-corrected chi connectivity index (χ0v) is 9.79. The molecule has 88 valence electrons. The lowest BCUT2D eigenvalue weighted by atomic mass is 10.3. The van der Waals surface area contributed by atoms with Gasteiger partial charge in [0.2, 0.25) is 5.91 Å². The van der Waals surface area contributed by atoms with Crippen molar-refractivity contribution in [3.63, 3.8) is 0 Å². The number of hydrogen-bond acceptors (Lipinski definition) is 5. The number of nitrogen functional groups attached to an aromatic ring is 1. The Morgan fingerprint density at radius 3 is 2.81 bits per heavy atom. The average molecular weight is 241 g/mol. The Balaban J connectivity index is 2.69. The quantitative estimate of drug-likeness (QED) is 0.504. The predicted molar refractivity (Wildman–Crippen MR) is 65.3 cm³/mol. The first-order chi connectivity index (χ1) is 7.54. The fourth-order valence-corrected chi connectivity index (χ4v) is 1.99. The van der Waals surface area contributed by atoms with E-state index >= 15 is 0 Å². The van der Waals surface area contributed by atoms with E-state index in [1.807, 2.05) is 0 Å². The summed E-state index contributed by atoms with van der Waals surface area (Å²) in [4.78, 5) is 11.6. The molecule has 0 fully saturated rings. The number of anilines is 1. The average Bonchev–Trinajstić information content (AvgIpc) is 2.27. The van der Waals surface area contributed by atoms with Crippen LogP contribution >= 0.6 is 11.8 Å². The lowest BCUT2D eigenvalue weighted by Crippen LogP contribution is -2.38. The minimum absolute atomic E-state index is 0.396. The van der Waals surface area contributed by atoms with Crippen LogP contribution in [0.1, 0.15) is 0 Å². The van der Waals surface area contributed by atoms with Crippen LogP contribution in [-0.4, -0.2) is 24.8 Å². The Bertz CT molecular complexity index is 384. The Morgan fingerprint density at radius 1 is 1.56 bits per heavy atom. The van der Waals surface area contributed by atoms with Crippen LogP contribution in [0.15, 0.2) is 23.1 Å². The summed E-state index contributed by atoms with van der Waals surface area (Å²) < 4.78 is 5.07. The summed E-state index contributed by atoms with van der Waals surface area (Å²) in [6, 6.07) is 4.65. The summed E-state index contributed by atoms with van der Waals surface area (Å²) >= 11 is 1.38. The van der Waals surface area contributed by atoms with Crippen LogP contribution in [0.5, 0.6) is 5.75 Å². The van der Waals surface area contributed by atoms with E-state index in [1.54, 1.807) is 25.3 Å². The van der Waals surface area contributed by atoms with Gasteiger partial charge in [-0.05, 0) is 18.2 Å². The molecule has 0 heterocycles. The Morgan fingerprint density at radius 2 is 2.25 bits per heavy atom. The lowest BCUT2D eigenvalue weighted by molar-refractivity contribution is -0.118. The number of ether oxygens (including phenoxy) is 1. The molecular weight excluding hydrogens is 226 g/mol. The summed E-state index contributed by atoms with van der Waals surface area (Å²) in [7, 11) is 1.58. The first kappa shape index (κ1) is 12.7. The van der Waals surface area contributed by atoms with Crippen LogP contribution in [0.2, 0.25) is 0 Å². The molecule has 1 atom stereocenters. The van der Waals surface area contributed by atoms with Crippen molar-refractivity contribution in [3.8, 4) is 5.75 Å². The minimum Gasteiger partial charge on any atom is -0.497 e. The molecule has 1 amide bonds. The summed E-state index contributed by atoms with van der Waals surface area (Å²) in [5.41, 5.74) is 17.0. The molecule has 1 rings (SSSR count). The third-order valence-corrected chi connectivity index (χ3v) is 3.19. The number of methoxy groups -OCH3 is 1. The van der Waals surface area contributed by atoms with Gasteiger partial charge < -0.3 is 21.9 Å². The molecular formula is C10H15N3O2S. The molecule has 1 unspecified atom stereocenters. The maximum atomic E-state index is 10.8. The molecule has 16 heavy (non-hydrogen) atoms. The molecule has 0 aliphatic heterocycles. The molecule has 6 heteroatoms. The number of hydrogen-bond donors (Lipinski definition) is 3. The first-order valence-corrected chi connectivity index (χ1v) is 5.64. The van der Waals surface area contributed by atoms with Gasteiger partial charge >= 0.3 is 0 Å². The highest BCUT2D eigenvalue weighted by Crippen LogP contribution is 2.29. The van der Waals surface area contributed by atoms with E-state index in [2.05, 4.69) is 0 Å². The van der Waals surface area contributed by atoms with Crippen LogP contribution in [0.25, 0.3) is 0 Å². The number of nitrogens with two attached hydrogens (primary N) is 3. The van der Waals surface area contributed by atoms with Crippen molar-refractivity contribution in [2.45, 2.75) is 10.9 Å². The van der Waals surface area contributed by atoms with Crippen LogP contribution < -0.4 is 21.9 Å². The van der Waals surface area contributed by atoms with Gasteiger partial charge in [0.25, 0.3) is 0 Å². The van der Waals surface area contributed by atoms with E-state index in [9.17, 15) is 4.79 Å². The molecule has 0 radical (unpaired) electrons. The summed E-state index contributed by atoms with van der Waals surface area (Å²) in [6.07, 6.45) is 0. The topological polar surface area (TPSA) is 104 Å². The second-order valence-corrected chi connectivity index (χ2v) is 4.29. The second-order valence-electron chi connectivity index (χ2n) is 3.22. The van der Waals surface area contributed by atoms with Gasteiger partial charge in [-0.1, -0.05) is 0 Å². The van der Waals surface area contributed by atoms with Gasteiger partial charge in [0, 0.05) is 16.3 Å². The molecule has 0 bridgehead atoms. The zero-order chi connectivity index (χ0) is 12.1. The van der Waals surface area contributed by atoms with E-state index in [-0.39, 0.29) is 0 Å². The minimum atomic E-state index is -0.671. The van der Waals surface area contributed by atoms with Crippen molar-refractivity contribution >= 4 is 23.4 Å². The van der Waals surface area contributed by atoms with Crippen LogP contribution in [-0.2, 0) is 4.79 Å². The largest absolute Gasteiger partial charge is 0.497 e. The Hall–Kier alpha value is -1.40. The fraction of sp³-hybridized carbons (Fsp3) is 0.300. The lowest BCUT2D eigenvalue weighted by Gasteiger charge is -2.10. The van der Waals surface area contributed by atoms with Crippen molar-refractivity contribution < 1.29 is 9.53 Å². The van der Waals surface area contributed by atoms with Crippen LogP contribution in [0, 0.1) is 0 Å². The molecule has 6 N–H and O–H groups in total. The van der Waals surface area contributed by atoms with Crippen molar-refractivity contribution in [2.75, 3.05) is 18.6 Å². The third kappa shape index (κ3) is 3.32. The molecule has 5 nitrogen and oxygen atoms in total. The second kappa shape index (κ2) is 5.62. The maximum absolute atomic E-state index is 10.8. The SMILES string of the molecule is COc1ccc(N)c(SCC(N)C(N)=O)c1. The summed E-state index contributed by atoms with van der Waals surface area (Å²) in [6.45, 7) is 0. The molecule has 1 aromatic rings. The molecule has 0 spiro atoms. The highest BCUT2D eigenvalue weighted by molar-refractivity contribution is 7.99. The van der Waals surface area contributed by atoms with Gasteiger partial charge in [-0.2, -0.15) is 0 Å². The number of thioether (sulfide) groups is 1. The van der Waals surface area contributed by atoms with E-state index in [0.717, 1.165) is 4.90 Å². The number of primary amides is 1. The van der Waals surface area contributed by atoms with E-state index in [0.29, 0.717) is 17.2 Å². The molecule has 0 aliphatic carbocycles. The standard InChI is InChI=1S/C10H15N3O2S/c1-15-6-2-3-7(11)9(4-6)16-5-8(12)10(13)14/h2-4,8H,5,11-12H2,1H3,(H2,13,14). The molecule has 0 aliphatic rings. The number of rotatable bonds is 5. The van der Waals surface area contributed by atoms with E-state index < -0.39 is 11.9 Å².